The van der Waals surface area contributed by atoms with Crippen LogP contribution in [0, 0.1) is 0 Å². The topological polar surface area (TPSA) is 89.8 Å². The molecule has 1 rings (SSSR count). The molecule has 8 nitrogen and oxygen atoms in total. The van der Waals surface area contributed by atoms with Crippen LogP contribution in [0.2, 0.25) is 0 Å². The van der Waals surface area contributed by atoms with Gasteiger partial charge in [0.15, 0.2) is 0 Å². The molecule has 0 saturated heterocycles. The predicted molar refractivity (Wildman–Crippen MR) is 63.2 cm³/mol. The molecule has 21 heavy (non-hydrogen) atoms. The van der Waals surface area contributed by atoms with Gasteiger partial charge in [-0.3, -0.25) is 9.05 Å². The van der Waals surface area contributed by atoms with Crippen molar-refractivity contribution in [1.29, 1.82) is 0 Å². The van der Waals surface area contributed by atoms with E-state index < -0.39 is 32.0 Å². The number of methoxy groups -OCH3 is 1. The molecule has 0 aromatic heterocycles. The van der Waals surface area contributed by atoms with E-state index in [0.29, 0.717) is 0 Å². The first-order chi connectivity index (χ1) is 9.69. The van der Waals surface area contributed by atoms with E-state index in [1.165, 1.54) is 13.8 Å². The normalized spacial score (nSPS) is 22.7. The van der Waals surface area contributed by atoms with Gasteiger partial charge < -0.3 is 4.74 Å². The van der Waals surface area contributed by atoms with Gasteiger partial charge in [-0.05, 0) is 13.8 Å². The summed E-state index contributed by atoms with van der Waals surface area (Å²) in [5.74, 6) is -1.69. The van der Waals surface area contributed by atoms with Crippen molar-refractivity contribution < 1.29 is 36.3 Å². The summed E-state index contributed by atoms with van der Waals surface area (Å²) in [4.78, 5) is 11.7. The van der Waals surface area contributed by atoms with E-state index in [1.54, 1.807) is 0 Å². The van der Waals surface area contributed by atoms with Gasteiger partial charge in [-0.25, -0.2) is 9.36 Å². The number of hydrogen-bond donors (Lipinski definition) is 0. The van der Waals surface area contributed by atoms with E-state index in [4.69, 9.17) is 9.05 Å². The summed E-state index contributed by atoms with van der Waals surface area (Å²) in [6, 6.07) is 0. The number of alkyl halides is 3. The lowest BCUT2D eigenvalue weighted by atomic mass is 10.0. The highest BCUT2D eigenvalue weighted by Crippen LogP contribution is 2.60. The van der Waals surface area contributed by atoms with E-state index in [9.17, 15) is 22.5 Å². The molecule has 1 unspecified atom stereocenters. The van der Waals surface area contributed by atoms with E-state index in [2.05, 4.69) is 15.1 Å². The molecule has 0 N–H and O–H groups in total. The number of hydrogen-bond acceptors (Lipinski definition) is 7. The van der Waals surface area contributed by atoms with Gasteiger partial charge in [0.25, 0.3) is 5.54 Å². The molecule has 0 aromatic carbocycles. The number of halogens is 3. The molecule has 0 spiro atoms. The van der Waals surface area contributed by atoms with Crippen LogP contribution in [-0.2, 0) is 23.1 Å². The first kappa shape index (κ1) is 17.9. The van der Waals surface area contributed by atoms with Crippen molar-refractivity contribution in [2.24, 2.45) is 10.3 Å². The second-order valence-electron chi connectivity index (χ2n) is 3.83. The summed E-state index contributed by atoms with van der Waals surface area (Å²) in [5, 5.41) is 6.34. The maximum absolute atomic E-state index is 13.4. The quantitative estimate of drug-likeness (QED) is 0.547. The van der Waals surface area contributed by atoms with Crippen molar-refractivity contribution >= 4 is 13.7 Å². The lowest BCUT2D eigenvalue weighted by molar-refractivity contribution is -0.223. The third-order valence-electron chi connectivity index (χ3n) is 2.60. The minimum Gasteiger partial charge on any atom is -0.467 e. The van der Waals surface area contributed by atoms with Crippen molar-refractivity contribution in [3.8, 4) is 0 Å². The fraction of sp³-hybridized carbons (Fsp3) is 0.889. The Hall–Kier alpha value is -1.19. The van der Waals surface area contributed by atoms with Gasteiger partial charge >= 0.3 is 19.9 Å². The Balaban J connectivity index is 3.39. The monoisotopic (exact) mass is 333 g/mol. The van der Waals surface area contributed by atoms with Crippen molar-refractivity contribution in [2.75, 3.05) is 26.9 Å². The molecule has 1 aliphatic heterocycles. The smallest absolute Gasteiger partial charge is 0.453 e. The fourth-order valence-electron chi connectivity index (χ4n) is 1.70. The number of ether oxygens (including phenoxy) is 1. The summed E-state index contributed by atoms with van der Waals surface area (Å²) < 4.78 is 66.5. The summed E-state index contributed by atoms with van der Waals surface area (Å²) in [7, 11) is -3.72. The maximum Gasteiger partial charge on any atom is 0.453 e. The Labute approximate surface area is 118 Å². The van der Waals surface area contributed by atoms with Crippen molar-refractivity contribution in [1.82, 2.24) is 4.78 Å². The Morgan fingerprint density at radius 3 is 2.24 bits per heavy atom. The van der Waals surface area contributed by atoms with Crippen LogP contribution in [0.15, 0.2) is 10.3 Å². The molecular formula is C9H15F3N3O5P. The van der Waals surface area contributed by atoms with Gasteiger partial charge in [0.05, 0.1) is 20.3 Å². The Morgan fingerprint density at radius 1 is 1.33 bits per heavy atom. The average molecular weight is 333 g/mol. The first-order valence-electron chi connectivity index (χ1n) is 5.92. The average Bonchev–Trinajstić information content (AvgIpc) is 2.84. The van der Waals surface area contributed by atoms with Gasteiger partial charge in [-0.2, -0.15) is 23.1 Å². The zero-order chi connectivity index (χ0) is 16.3. The van der Waals surface area contributed by atoms with E-state index in [0.717, 1.165) is 7.11 Å². The largest absolute Gasteiger partial charge is 0.467 e. The van der Waals surface area contributed by atoms with Crippen LogP contribution in [0.4, 0.5) is 13.2 Å². The number of esters is 1. The predicted octanol–water partition coefficient (Wildman–Crippen LogP) is 2.32. The molecule has 1 atom stereocenters. The van der Waals surface area contributed by atoms with E-state index >= 15 is 0 Å². The van der Waals surface area contributed by atoms with Crippen LogP contribution >= 0.6 is 7.75 Å². The molecule has 0 fully saturated rings. The Kier molecular flexibility index (Phi) is 5.35. The number of nitrogens with zero attached hydrogens (tertiary/aromatic N) is 3. The lowest BCUT2D eigenvalue weighted by Gasteiger charge is -2.36. The summed E-state index contributed by atoms with van der Waals surface area (Å²) in [5.41, 5.74) is -3.33. The van der Waals surface area contributed by atoms with Gasteiger partial charge in [0.1, 0.15) is 6.54 Å². The summed E-state index contributed by atoms with van der Waals surface area (Å²) in [6.07, 6.45) is -5.15. The molecule has 0 aromatic rings. The molecule has 0 amide bonds. The van der Waals surface area contributed by atoms with Crippen LogP contribution in [0.1, 0.15) is 13.8 Å². The third-order valence-corrected chi connectivity index (χ3v) is 4.65. The highest BCUT2D eigenvalue weighted by Gasteiger charge is 2.72. The van der Waals surface area contributed by atoms with Crippen LogP contribution < -0.4 is 0 Å². The van der Waals surface area contributed by atoms with Crippen LogP contribution in [0.25, 0.3) is 0 Å². The minimum absolute atomic E-state index is 0.0567. The zero-order valence-electron chi connectivity index (χ0n) is 11.6. The second kappa shape index (κ2) is 6.29. The molecule has 1 aliphatic rings. The Bertz CT molecular complexity index is 462. The van der Waals surface area contributed by atoms with Gasteiger partial charge in [-0.15, -0.1) is 0 Å². The van der Waals surface area contributed by atoms with E-state index in [-0.39, 0.29) is 18.0 Å². The fourth-order valence-corrected chi connectivity index (χ4v) is 3.48. The first-order valence-corrected chi connectivity index (χ1v) is 7.41. The number of carbonyl (C=O) groups excluding carboxylic acids is 1. The standard InChI is InChI=1S/C9H15F3N3O5P/c1-4-19-21(17,20-5-2)15-8(6-13-14-15,7(16)18-3)9(10,11)12/h4-6H2,1-3H3. The molecule has 12 heteroatoms. The molecule has 1 heterocycles. The maximum atomic E-state index is 13.4. The number of rotatable bonds is 6. The van der Waals surface area contributed by atoms with Crippen molar-refractivity contribution in [3.05, 3.63) is 0 Å². The van der Waals surface area contributed by atoms with Crippen LogP contribution in [-0.4, -0.2) is 49.3 Å². The molecule has 0 saturated carbocycles. The highest BCUT2D eigenvalue weighted by atomic mass is 31.2. The van der Waals surface area contributed by atoms with Gasteiger partial charge in [0, 0.05) is 0 Å². The second-order valence-corrected chi connectivity index (χ2v) is 5.66. The van der Waals surface area contributed by atoms with Crippen molar-refractivity contribution in [2.45, 2.75) is 25.6 Å². The molecule has 0 radical (unpaired) electrons. The molecule has 0 aliphatic carbocycles. The molecule has 122 valence electrons. The zero-order valence-corrected chi connectivity index (χ0v) is 12.5. The summed E-state index contributed by atoms with van der Waals surface area (Å²) >= 11 is 0. The van der Waals surface area contributed by atoms with Crippen LogP contribution in [0.3, 0.4) is 0 Å². The SMILES string of the molecule is CCOP(=O)(OCC)N1N=NCC1(C(=O)OC)C(F)(F)F. The number of carbonyl (C=O) groups is 1. The van der Waals surface area contributed by atoms with E-state index in [1.807, 2.05) is 0 Å². The minimum atomic E-state index is -5.15. The molecule has 0 bridgehead atoms. The highest BCUT2D eigenvalue weighted by molar-refractivity contribution is 7.51. The van der Waals surface area contributed by atoms with Gasteiger partial charge in [-0.1, -0.05) is 5.22 Å². The van der Waals surface area contributed by atoms with Crippen LogP contribution in [0.5, 0.6) is 0 Å². The summed E-state index contributed by atoms with van der Waals surface area (Å²) in [6.45, 7) is 1.31. The molecular weight excluding hydrogens is 318 g/mol. The van der Waals surface area contributed by atoms with Crippen molar-refractivity contribution in [3.63, 3.8) is 0 Å². The third kappa shape index (κ3) is 2.90. The Morgan fingerprint density at radius 2 is 1.86 bits per heavy atom. The van der Waals surface area contributed by atoms with Gasteiger partial charge in [0.2, 0.25) is 0 Å². The lowest BCUT2D eigenvalue weighted by Crippen LogP contribution is -2.61.